The number of hydrogen-bond donors (Lipinski definition) is 0. The van der Waals surface area contributed by atoms with Crippen molar-refractivity contribution in [3.63, 3.8) is 0 Å². The Bertz CT molecular complexity index is 412. The summed E-state index contributed by atoms with van der Waals surface area (Å²) in [5.41, 5.74) is 1.16. The van der Waals surface area contributed by atoms with E-state index in [1.807, 2.05) is 6.92 Å². The van der Waals surface area contributed by atoms with Crippen molar-refractivity contribution >= 4 is 17.9 Å². The van der Waals surface area contributed by atoms with Crippen LogP contribution in [0.25, 0.3) is 0 Å². The molecule has 0 saturated heterocycles. The molecule has 1 atom stereocenters. The molecule has 0 bridgehead atoms. The number of nitrogens with zero attached hydrogens (tertiary/aromatic N) is 1. The van der Waals surface area contributed by atoms with Gasteiger partial charge < -0.3 is 9.53 Å². The van der Waals surface area contributed by atoms with Gasteiger partial charge >= 0.3 is 0 Å². The molecule has 1 unspecified atom stereocenters. The molecular weight excluding hydrogens is 226 g/mol. The first-order chi connectivity index (χ1) is 7.72. The van der Waals surface area contributed by atoms with Gasteiger partial charge in [-0.2, -0.15) is 5.26 Å². The Hall–Kier alpha value is -1.37. The monoisotopic (exact) mass is 237 g/mol. The summed E-state index contributed by atoms with van der Waals surface area (Å²) in [5.74, 6) is 0. The molecule has 0 fully saturated rings. The van der Waals surface area contributed by atoms with E-state index >= 15 is 0 Å². The lowest BCUT2D eigenvalue weighted by atomic mass is 10.0. The first-order valence-corrected chi connectivity index (χ1v) is 5.35. The fraction of sp³-hybridized carbons (Fsp3) is 0.333. The van der Waals surface area contributed by atoms with Crippen LogP contribution in [0.5, 0.6) is 0 Å². The van der Waals surface area contributed by atoms with Crippen LogP contribution in [0, 0.1) is 11.3 Å². The quantitative estimate of drug-likeness (QED) is 0.740. The number of rotatable bonds is 5. The highest BCUT2D eigenvalue weighted by Crippen LogP contribution is 2.26. The minimum atomic E-state index is -0.366. The van der Waals surface area contributed by atoms with Gasteiger partial charge in [-0.25, -0.2) is 0 Å². The van der Waals surface area contributed by atoms with Crippen LogP contribution < -0.4 is 0 Å². The number of ether oxygens (including phenoxy) is 1. The van der Waals surface area contributed by atoms with Crippen LogP contribution >= 0.6 is 11.6 Å². The van der Waals surface area contributed by atoms with E-state index in [-0.39, 0.29) is 12.5 Å². The van der Waals surface area contributed by atoms with E-state index in [4.69, 9.17) is 21.6 Å². The van der Waals surface area contributed by atoms with Crippen molar-refractivity contribution in [1.82, 2.24) is 0 Å². The average molecular weight is 238 g/mol. The molecule has 1 aromatic carbocycles. The van der Waals surface area contributed by atoms with Gasteiger partial charge in [0.2, 0.25) is 0 Å². The standard InChI is InChI=1S/C12H12ClNO2/c1-2-16-12(5-6-15)11-4-3-10(13)7-9(11)8-14/h3-4,6-7,12H,2,5H2,1H3. The zero-order valence-electron chi connectivity index (χ0n) is 8.94. The molecule has 1 aromatic rings. The molecular formula is C12H12ClNO2. The summed E-state index contributed by atoms with van der Waals surface area (Å²) in [7, 11) is 0. The second-order valence-electron chi connectivity index (χ2n) is 3.19. The Morgan fingerprint density at radius 1 is 1.62 bits per heavy atom. The van der Waals surface area contributed by atoms with Crippen molar-refractivity contribution in [3.05, 3.63) is 34.3 Å². The molecule has 4 heteroatoms. The molecule has 0 amide bonds. The van der Waals surface area contributed by atoms with Crippen molar-refractivity contribution in [2.75, 3.05) is 6.61 Å². The van der Waals surface area contributed by atoms with Gasteiger partial charge in [0, 0.05) is 18.1 Å². The van der Waals surface area contributed by atoms with E-state index in [9.17, 15) is 4.79 Å². The number of aldehydes is 1. The average Bonchev–Trinajstić information content (AvgIpc) is 2.28. The highest BCUT2D eigenvalue weighted by molar-refractivity contribution is 6.30. The lowest BCUT2D eigenvalue weighted by Gasteiger charge is -2.16. The third kappa shape index (κ3) is 3.06. The molecule has 0 aliphatic carbocycles. The van der Waals surface area contributed by atoms with Gasteiger partial charge in [0.15, 0.2) is 0 Å². The van der Waals surface area contributed by atoms with Gasteiger partial charge in [0.25, 0.3) is 0 Å². The van der Waals surface area contributed by atoms with Gasteiger partial charge in [-0.15, -0.1) is 0 Å². The summed E-state index contributed by atoms with van der Waals surface area (Å²) >= 11 is 5.79. The Labute approximate surface area is 99.6 Å². The van der Waals surface area contributed by atoms with Crippen LogP contribution in [0.4, 0.5) is 0 Å². The number of halogens is 1. The summed E-state index contributed by atoms with van der Waals surface area (Å²) in [6.45, 7) is 2.34. The summed E-state index contributed by atoms with van der Waals surface area (Å²) in [6.07, 6.45) is 0.662. The third-order valence-electron chi connectivity index (χ3n) is 2.16. The Morgan fingerprint density at radius 2 is 2.38 bits per heavy atom. The third-order valence-corrected chi connectivity index (χ3v) is 2.40. The van der Waals surface area contributed by atoms with Crippen LogP contribution in [0.1, 0.15) is 30.6 Å². The first-order valence-electron chi connectivity index (χ1n) is 4.97. The van der Waals surface area contributed by atoms with E-state index in [1.54, 1.807) is 18.2 Å². The number of carbonyl (C=O) groups is 1. The second-order valence-corrected chi connectivity index (χ2v) is 3.63. The van der Waals surface area contributed by atoms with Crippen molar-refractivity contribution in [2.45, 2.75) is 19.4 Å². The zero-order valence-corrected chi connectivity index (χ0v) is 9.70. The smallest absolute Gasteiger partial charge is 0.122 e. The fourth-order valence-corrected chi connectivity index (χ4v) is 1.65. The predicted octanol–water partition coefficient (Wildman–Crippen LogP) is 2.88. The van der Waals surface area contributed by atoms with Gasteiger partial charge in [-0.3, -0.25) is 0 Å². The van der Waals surface area contributed by atoms with Crippen LogP contribution in [-0.2, 0) is 9.53 Å². The fourth-order valence-electron chi connectivity index (χ4n) is 1.48. The van der Waals surface area contributed by atoms with Gasteiger partial charge in [-0.05, 0) is 24.6 Å². The van der Waals surface area contributed by atoms with E-state index in [0.29, 0.717) is 22.8 Å². The highest BCUT2D eigenvalue weighted by Gasteiger charge is 2.15. The zero-order chi connectivity index (χ0) is 12.0. The summed E-state index contributed by atoms with van der Waals surface area (Å²) in [6, 6.07) is 7.05. The van der Waals surface area contributed by atoms with Crippen LogP contribution in [0.2, 0.25) is 5.02 Å². The number of nitriles is 1. The number of benzene rings is 1. The minimum Gasteiger partial charge on any atom is -0.373 e. The molecule has 0 spiro atoms. The molecule has 0 N–H and O–H groups in total. The lowest BCUT2D eigenvalue weighted by Crippen LogP contribution is -2.07. The first kappa shape index (κ1) is 12.7. The molecule has 0 aliphatic rings. The van der Waals surface area contributed by atoms with E-state index in [2.05, 4.69) is 6.07 Å². The van der Waals surface area contributed by atoms with Gasteiger partial charge in [0.05, 0.1) is 17.7 Å². The normalized spacial score (nSPS) is 11.8. The molecule has 0 heterocycles. The molecule has 0 aromatic heterocycles. The molecule has 16 heavy (non-hydrogen) atoms. The Balaban J connectivity index is 3.08. The molecule has 3 nitrogen and oxygen atoms in total. The second kappa shape index (κ2) is 6.26. The summed E-state index contributed by atoms with van der Waals surface area (Å²) < 4.78 is 5.43. The maximum Gasteiger partial charge on any atom is 0.122 e. The Morgan fingerprint density at radius 3 is 2.94 bits per heavy atom. The minimum absolute atomic E-state index is 0.240. The van der Waals surface area contributed by atoms with E-state index in [1.165, 1.54) is 0 Å². The van der Waals surface area contributed by atoms with E-state index < -0.39 is 0 Å². The highest BCUT2D eigenvalue weighted by atomic mass is 35.5. The summed E-state index contributed by atoms with van der Waals surface area (Å²) in [4.78, 5) is 10.5. The van der Waals surface area contributed by atoms with Crippen molar-refractivity contribution < 1.29 is 9.53 Å². The van der Waals surface area contributed by atoms with Crippen LogP contribution in [0.15, 0.2) is 18.2 Å². The maximum absolute atomic E-state index is 10.5. The SMILES string of the molecule is CCOC(CC=O)c1ccc(Cl)cc1C#N. The van der Waals surface area contributed by atoms with Crippen molar-refractivity contribution in [2.24, 2.45) is 0 Å². The van der Waals surface area contributed by atoms with Gasteiger partial charge in [-0.1, -0.05) is 17.7 Å². The van der Waals surface area contributed by atoms with Gasteiger partial charge in [0.1, 0.15) is 6.29 Å². The number of hydrogen-bond acceptors (Lipinski definition) is 3. The molecule has 1 rings (SSSR count). The molecule has 0 saturated carbocycles. The Kier molecular flexibility index (Phi) is 4.97. The molecule has 0 aliphatic heterocycles. The molecule has 0 radical (unpaired) electrons. The largest absolute Gasteiger partial charge is 0.373 e. The molecule has 84 valence electrons. The van der Waals surface area contributed by atoms with E-state index in [0.717, 1.165) is 6.29 Å². The lowest BCUT2D eigenvalue weighted by molar-refractivity contribution is -0.110. The van der Waals surface area contributed by atoms with Crippen molar-refractivity contribution in [1.29, 1.82) is 5.26 Å². The summed E-state index contributed by atoms with van der Waals surface area (Å²) in [5, 5.41) is 9.48. The maximum atomic E-state index is 10.5. The topological polar surface area (TPSA) is 50.1 Å². The number of carbonyl (C=O) groups excluding carboxylic acids is 1. The van der Waals surface area contributed by atoms with Crippen molar-refractivity contribution in [3.8, 4) is 6.07 Å². The van der Waals surface area contributed by atoms with Crippen LogP contribution in [-0.4, -0.2) is 12.9 Å². The van der Waals surface area contributed by atoms with Crippen LogP contribution in [0.3, 0.4) is 0 Å². The predicted molar refractivity (Wildman–Crippen MR) is 61.2 cm³/mol.